The van der Waals surface area contributed by atoms with E-state index in [1.165, 1.54) is 25.6 Å². The van der Waals surface area contributed by atoms with Crippen LogP contribution in [0.25, 0.3) is 16.6 Å². The molecule has 4 rings (SSSR count). The number of aryl methyl sites for hydroxylation is 1. The molecule has 0 radical (unpaired) electrons. The number of fused-ring (bicyclic) bond motifs is 1. The molecule has 10 heteroatoms. The maximum absolute atomic E-state index is 11.8. The Kier molecular flexibility index (Phi) is 5.04. The fraction of sp³-hybridized carbons (Fsp3) is 0.105. The van der Waals surface area contributed by atoms with Gasteiger partial charge in [-0.1, -0.05) is 23.2 Å². The van der Waals surface area contributed by atoms with Crippen LogP contribution >= 0.6 is 23.2 Å². The van der Waals surface area contributed by atoms with E-state index in [1.54, 1.807) is 23.1 Å². The molecule has 0 saturated carbocycles. The zero-order valence-corrected chi connectivity index (χ0v) is 16.9. The van der Waals surface area contributed by atoms with Crippen molar-refractivity contribution >= 4 is 51.7 Å². The van der Waals surface area contributed by atoms with Gasteiger partial charge in [0, 0.05) is 29.4 Å². The molecule has 0 saturated heterocycles. The van der Waals surface area contributed by atoms with Gasteiger partial charge in [-0.15, -0.1) is 0 Å². The minimum absolute atomic E-state index is 0.255. The molecule has 0 atom stereocenters. The van der Waals surface area contributed by atoms with Crippen LogP contribution in [0.3, 0.4) is 0 Å². The Bertz CT molecular complexity index is 1220. The van der Waals surface area contributed by atoms with E-state index >= 15 is 0 Å². The molecule has 0 fully saturated rings. The molecule has 3 heterocycles. The van der Waals surface area contributed by atoms with E-state index in [2.05, 4.69) is 25.4 Å². The Labute approximate surface area is 175 Å². The number of carbonyl (C=O) groups excluding carboxylic acids is 1. The first-order valence-corrected chi connectivity index (χ1v) is 9.19. The molecule has 0 aliphatic rings. The molecule has 8 nitrogen and oxygen atoms in total. The Morgan fingerprint density at radius 3 is 2.45 bits per heavy atom. The predicted octanol–water partition coefficient (Wildman–Crippen LogP) is 4.36. The molecular weight excluding hydrogens is 415 g/mol. The first kappa shape index (κ1) is 19.1. The summed E-state index contributed by atoms with van der Waals surface area (Å²) in [6, 6.07) is 6.60. The number of halogens is 2. The van der Waals surface area contributed by atoms with Gasteiger partial charge in [0.05, 0.1) is 34.4 Å². The van der Waals surface area contributed by atoms with E-state index in [4.69, 9.17) is 27.9 Å². The summed E-state index contributed by atoms with van der Waals surface area (Å²) in [6.45, 7) is 1.88. The van der Waals surface area contributed by atoms with Crippen LogP contribution in [0.5, 0.6) is 0 Å². The van der Waals surface area contributed by atoms with Gasteiger partial charge in [0.15, 0.2) is 0 Å². The first-order chi connectivity index (χ1) is 14.0. The van der Waals surface area contributed by atoms with Crippen molar-refractivity contribution in [2.24, 2.45) is 0 Å². The molecule has 0 aliphatic heterocycles. The van der Waals surface area contributed by atoms with Gasteiger partial charge in [-0.3, -0.25) is 0 Å². The third-order valence-corrected chi connectivity index (χ3v) is 4.74. The van der Waals surface area contributed by atoms with E-state index in [9.17, 15) is 4.79 Å². The number of benzene rings is 1. The predicted molar refractivity (Wildman–Crippen MR) is 110 cm³/mol. The quantitative estimate of drug-likeness (QED) is 0.482. The Hall–Kier alpha value is -3.23. The maximum atomic E-state index is 11.8. The summed E-state index contributed by atoms with van der Waals surface area (Å²) in [5, 5.41) is 8.84. The number of esters is 1. The van der Waals surface area contributed by atoms with Crippen LogP contribution in [-0.2, 0) is 4.74 Å². The zero-order chi connectivity index (χ0) is 20.5. The van der Waals surface area contributed by atoms with Crippen molar-refractivity contribution in [3.05, 3.63) is 64.3 Å². The summed E-state index contributed by atoms with van der Waals surface area (Å²) in [4.78, 5) is 24.4. The summed E-state index contributed by atoms with van der Waals surface area (Å²) in [6.07, 6.45) is 4.81. The average molecular weight is 429 g/mol. The summed E-state index contributed by atoms with van der Waals surface area (Å²) in [5.41, 5.74) is 2.26. The smallest absolute Gasteiger partial charge is 0.337 e. The van der Waals surface area contributed by atoms with Crippen molar-refractivity contribution in [1.82, 2.24) is 24.7 Å². The Morgan fingerprint density at radius 2 is 1.76 bits per heavy atom. The van der Waals surface area contributed by atoms with Crippen molar-refractivity contribution in [1.29, 1.82) is 0 Å². The van der Waals surface area contributed by atoms with Crippen molar-refractivity contribution in [3.8, 4) is 5.69 Å². The fourth-order valence-electron chi connectivity index (χ4n) is 2.82. The SMILES string of the molecule is COC(=O)c1cc(Cl)c(-n2ncc3cnc(Nc4cc(C)ncn4)cc32)c(Cl)c1. The number of rotatable bonds is 4. The minimum Gasteiger partial charge on any atom is -0.465 e. The molecule has 0 spiro atoms. The molecule has 0 amide bonds. The third-order valence-electron chi connectivity index (χ3n) is 4.16. The number of nitrogens with one attached hydrogen (secondary N) is 1. The fourth-order valence-corrected chi connectivity index (χ4v) is 3.47. The highest BCUT2D eigenvalue weighted by atomic mass is 35.5. The van der Waals surface area contributed by atoms with E-state index in [0.717, 1.165) is 16.6 Å². The number of methoxy groups -OCH3 is 1. The number of hydrogen-bond donors (Lipinski definition) is 1. The summed E-state index contributed by atoms with van der Waals surface area (Å²) in [7, 11) is 1.29. The highest BCUT2D eigenvalue weighted by molar-refractivity contribution is 6.38. The van der Waals surface area contributed by atoms with Crippen LogP contribution in [0.15, 0.2) is 43.0 Å². The molecule has 1 aromatic carbocycles. The van der Waals surface area contributed by atoms with Crippen LogP contribution in [0.1, 0.15) is 16.1 Å². The standard InChI is InChI=1S/C19H14Cl2N6O2/c1-10-3-16(24-9-23-10)26-17-6-15-12(7-22-17)8-25-27(15)18-13(20)4-11(5-14(18)21)19(28)29-2/h3-9H,1-2H3,(H,22,23,24,26). The van der Waals surface area contributed by atoms with E-state index in [-0.39, 0.29) is 15.6 Å². The van der Waals surface area contributed by atoms with Gasteiger partial charge in [0.1, 0.15) is 23.7 Å². The monoisotopic (exact) mass is 428 g/mol. The van der Waals surface area contributed by atoms with Crippen LogP contribution in [0.2, 0.25) is 10.0 Å². The molecule has 0 bridgehead atoms. The summed E-state index contributed by atoms with van der Waals surface area (Å²) < 4.78 is 6.32. The molecule has 0 unspecified atom stereocenters. The molecule has 0 aliphatic carbocycles. The topological polar surface area (TPSA) is 94.8 Å². The van der Waals surface area contributed by atoms with E-state index < -0.39 is 5.97 Å². The van der Waals surface area contributed by atoms with Crippen molar-refractivity contribution in [2.45, 2.75) is 6.92 Å². The highest BCUT2D eigenvalue weighted by Gasteiger charge is 2.17. The van der Waals surface area contributed by atoms with Gasteiger partial charge in [-0.2, -0.15) is 5.10 Å². The van der Waals surface area contributed by atoms with Gasteiger partial charge < -0.3 is 10.1 Å². The van der Waals surface area contributed by atoms with Crippen molar-refractivity contribution < 1.29 is 9.53 Å². The third kappa shape index (κ3) is 3.72. The Balaban J connectivity index is 1.78. The average Bonchev–Trinajstić information content (AvgIpc) is 3.10. The molecule has 4 aromatic rings. The number of ether oxygens (including phenoxy) is 1. The first-order valence-electron chi connectivity index (χ1n) is 8.43. The molecule has 146 valence electrons. The van der Waals surface area contributed by atoms with Gasteiger partial charge in [0.25, 0.3) is 0 Å². The van der Waals surface area contributed by atoms with Gasteiger partial charge in [-0.25, -0.2) is 24.4 Å². The number of hydrogen-bond acceptors (Lipinski definition) is 7. The van der Waals surface area contributed by atoms with Crippen LogP contribution in [0.4, 0.5) is 11.6 Å². The van der Waals surface area contributed by atoms with Crippen molar-refractivity contribution in [3.63, 3.8) is 0 Å². The van der Waals surface area contributed by atoms with Crippen LogP contribution in [-0.4, -0.2) is 37.8 Å². The van der Waals surface area contributed by atoms with Gasteiger partial charge >= 0.3 is 5.97 Å². The lowest BCUT2D eigenvalue weighted by molar-refractivity contribution is 0.0600. The molecule has 3 aromatic heterocycles. The zero-order valence-electron chi connectivity index (χ0n) is 15.3. The van der Waals surface area contributed by atoms with Crippen molar-refractivity contribution in [2.75, 3.05) is 12.4 Å². The molecular formula is C19H14Cl2N6O2. The van der Waals surface area contributed by atoms with Crippen LogP contribution < -0.4 is 5.32 Å². The number of anilines is 2. The second-order valence-corrected chi connectivity index (χ2v) is 6.95. The molecule has 1 N–H and O–H groups in total. The normalized spacial score (nSPS) is 10.9. The van der Waals surface area contributed by atoms with Crippen LogP contribution in [0, 0.1) is 6.92 Å². The number of aromatic nitrogens is 5. The lowest BCUT2D eigenvalue weighted by Gasteiger charge is -2.11. The lowest BCUT2D eigenvalue weighted by atomic mass is 10.2. The summed E-state index contributed by atoms with van der Waals surface area (Å²) in [5.74, 6) is 0.659. The second kappa shape index (κ2) is 7.65. The maximum Gasteiger partial charge on any atom is 0.337 e. The highest BCUT2D eigenvalue weighted by Crippen LogP contribution is 2.33. The number of carbonyl (C=O) groups is 1. The van der Waals surface area contributed by atoms with E-state index in [0.29, 0.717) is 17.3 Å². The Morgan fingerprint density at radius 1 is 1.03 bits per heavy atom. The van der Waals surface area contributed by atoms with Gasteiger partial charge in [-0.05, 0) is 19.1 Å². The minimum atomic E-state index is -0.526. The number of pyridine rings is 1. The van der Waals surface area contributed by atoms with Gasteiger partial charge in [0.2, 0.25) is 0 Å². The lowest BCUT2D eigenvalue weighted by Crippen LogP contribution is -2.05. The second-order valence-electron chi connectivity index (χ2n) is 6.13. The molecule has 29 heavy (non-hydrogen) atoms. The van der Waals surface area contributed by atoms with E-state index in [1.807, 2.05) is 13.0 Å². The largest absolute Gasteiger partial charge is 0.465 e. The summed E-state index contributed by atoms with van der Waals surface area (Å²) >= 11 is 12.8. The number of nitrogens with zero attached hydrogens (tertiary/aromatic N) is 5.